The van der Waals surface area contributed by atoms with E-state index in [0.717, 1.165) is 39.1 Å². The van der Waals surface area contributed by atoms with Gasteiger partial charge < -0.3 is 9.30 Å². The van der Waals surface area contributed by atoms with Crippen LogP contribution in [0.25, 0.3) is 32.5 Å². The number of rotatable bonds is 3. The van der Waals surface area contributed by atoms with E-state index in [-0.39, 0.29) is 26.5 Å². The summed E-state index contributed by atoms with van der Waals surface area (Å²) < 4.78 is 8.17. The largest absolute Gasteiger partial charge is 0.509 e. The zero-order valence-electron chi connectivity index (χ0n) is 23.8. The van der Waals surface area contributed by atoms with Crippen molar-refractivity contribution in [2.45, 2.75) is 40.0 Å². The third-order valence-electron chi connectivity index (χ3n) is 6.85. The number of pyridine rings is 1. The molecular weight excluding hydrogens is 685 g/mol. The molecule has 0 aliphatic heterocycles. The SMILES string of the molecule is CC(C)(C)c1ccnc(-n2c3[c-]c(Oc4[c-]cccc4)ccc3c3ccccc32)c1.[C-]#[N+]c1c(C)cccc1C.[Pt]. The quantitative estimate of drug-likeness (QED) is 0.171. The van der Waals surface area contributed by atoms with Crippen molar-refractivity contribution in [3.63, 3.8) is 0 Å². The molecule has 0 bridgehead atoms. The van der Waals surface area contributed by atoms with E-state index in [0.29, 0.717) is 11.5 Å². The van der Waals surface area contributed by atoms with E-state index in [1.807, 2.05) is 68.6 Å². The molecule has 0 saturated heterocycles. The molecule has 0 saturated carbocycles. The fourth-order valence-corrected chi connectivity index (χ4v) is 4.72. The van der Waals surface area contributed by atoms with E-state index >= 15 is 0 Å². The molecule has 4 nitrogen and oxygen atoms in total. The van der Waals surface area contributed by atoms with Gasteiger partial charge in [-0.2, -0.15) is 24.3 Å². The summed E-state index contributed by atoms with van der Waals surface area (Å²) >= 11 is 0. The summed E-state index contributed by atoms with van der Waals surface area (Å²) in [5.74, 6) is 2.21. The Morgan fingerprint density at radius 3 is 2.22 bits per heavy atom. The van der Waals surface area contributed by atoms with Gasteiger partial charge in [0.1, 0.15) is 5.82 Å². The maximum atomic E-state index is 6.85. The topological polar surface area (TPSA) is 31.4 Å². The van der Waals surface area contributed by atoms with Crippen molar-refractivity contribution in [1.29, 1.82) is 0 Å². The summed E-state index contributed by atoms with van der Waals surface area (Å²) in [5, 5.41) is 2.29. The summed E-state index contributed by atoms with van der Waals surface area (Å²) in [4.78, 5) is 8.12. The predicted octanol–water partition coefficient (Wildman–Crippen LogP) is 9.72. The number of hydrogen-bond donors (Lipinski definition) is 0. The van der Waals surface area contributed by atoms with E-state index in [1.54, 1.807) is 0 Å². The smallest absolute Gasteiger partial charge is 0.193 e. The second-order valence-electron chi connectivity index (χ2n) is 10.8. The Balaban J connectivity index is 0.000000300. The predicted molar refractivity (Wildman–Crippen MR) is 164 cm³/mol. The number of nitrogens with zero attached hydrogens (tertiary/aromatic N) is 3. The van der Waals surface area contributed by atoms with Gasteiger partial charge in [-0.3, -0.25) is 0 Å². The molecule has 0 fully saturated rings. The van der Waals surface area contributed by atoms with Crippen LogP contribution in [0.1, 0.15) is 37.5 Å². The van der Waals surface area contributed by atoms with Crippen LogP contribution >= 0.6 is 0 Å². The normalized spacial score (nSPS) is 10.8. The van der Waals surface area contributed by atoms with Gasteiger partial charge in [0.2, 0.25) is 0 Å². The number of ether oxygens (including phenoxy) is 1. The summed E-state index contributed by atoms with van der Waals surface area (Å²) in [5.41, 5.74) is 6.25. The molecule has 0 aliphatic rings. The van der Waals surface area contributed by atoms with Gasteiger partial charge >= 0.3 is 0 Å². The van der Waals surface area contributed by atoms with Crippen LogP contribution < -0.4 is 4.74 Å². The molecule has 208 valence electrons. The maximum absolute atomic E-state index is 6.85. The van der Waals surface area contributed by atoms with Gasteiger partial charge in [-0.1, -0.05) is 62.7 Å². The molecular formula is C36H31N3OPt-2. The molecule has 41 heavy (non-hydrogen) atoms. The molecule has 2 aromatic heterocycles. The fraction of sp³-hybridized carbons (Fsp3) is 0.167. The van der Waals surface area contributed by atoms with Crippen molar-refractivity contribution >= 4 is 27.5 Å². The fourth-order valence-electron chi connectivity index (χ4n) is 4.72. The van der Waals surface area contributed by atoms with Crippen LogP contribution in [-0.4, -0.2) is 9.55 Å². The number of aryl methyl sites for hydroxylation is 2. The van der Waals surface area contributed by atoms with Crippen molar-refractivity contribution < 1.29 is 25.8 Å². The minimum atomic E-state index is 0. The van der Waals surface area contributed by atoms with Gasteiger partial charge in [0, 0.05) is 44.3 Å². The second-order valence-corrected chi connectivity index (χ2v) is 10.8. The van der Waals surface area contributed by atoms with E-state index < -0.39 is 0 Å². The summed E-state index contributed by atoms with van der Waals surface area (Å²) in [6, 6.07) is 36.7. The summed E-state index contributed by atoms with van der Waals surface area (Å²) in [6.45, 7) is 17.4. The molecule has 0 atom stereocenters. The van der Waals surface area contributed by atoms with Crippen LogP contribution in [-0.2, 0) is 26.5 Å². The third kappa shape index (κ3) is 6.43. The minimum absolute atomic E-state index is 0. The Kier molecular flexibility index (Phi) is 9.11. The first-order valence-corrected chi connectivity index (χ1v) is 13.3. The Hall–Kier alpha value is -4.19. The first-order chi connectivity index (χ1) is 19.3. The molecule has 0 N–H and O–H groups in total. The van der Waals surface area contributed by atoms with E-state index in [2.05, 4.69) is 84.8 Å². The molecule has 2 heterocycles. The molecule has 0 unspecified atom stereocenters. The number of aromatic nitrogens is 2. The maximum Gasteiger partial charge on any atom is 0.193 e. The van der Waals surface area contributed by atoms with Gasteiger partial charge in [0.05, 0.1) is 6.57 Å². The van der Waals surface area contributed by atoms with Gasteiger partial charge in [-0.15, -0.1) is 29.7 Å². The van der Waals surface area contributed by atoms with Crippen molar-refractivity contribution in [3.05, 3.63) is 137 Å². The van der Waals surface area contributed by atoms with Crippen molar-refractivity contribution in [2.75, 3.05) is 0 Å². The summed E-state index contributed by atoms with van der Waals surface area (Å²) in [6.07, 6.45) is 1.88. The van der Waals surface area contributed by atoms with Gasteiger partial charge in [0.25, 0.3) is 0 Å². The summed E-state index contributed by atoms with van der Waals surface area (Å²) in [7, 11) is 0. The standard InChI is InChI=1S/C27H22N2O.C9H9N.Pt/c1-27(2,3)19-15-16-28-26(17-19)29-24-12-8-7-11-22(24)23-14-13-21(18-25(23)29)30-20-9-5-4-6-10-20;1-7-5-4-6-8(2)9(7)10-3;/h4-9,11-17H,1-3H3;4-6H,1-2H3;/q-2;;. The Morgan fingerprint density at radius 2 is 1.56 bits per heavy atom. The second kappa shape index (κ2) is 12.5. The molecule has 0 aliphatic carbocycles. The van der Waals surface area contributed by atoms with Crippen LogP contribution in [0.3, 0.4) is 0 Å². The van der Waals surface area contributed by atoms with E-state index in [4.69, 9.17) is 16.3 Å². The molecule has 0 spiro atoms. The van der Waals surface area contributed by atoms with Crippen LogP contribution in [0.15, 0.2) is 97.2 Å². The molecule has 4 aromatic carbocycles. The first-order valence-electron chi connectivity index (χ1n) is 13.3. The van der Waals surface area contributed by atoms with Crippen molar-refractivity contribution in [3.8, 4) is 17.3 Å². The van der Waals surface area contributed by atoms with Crippen LogP contribution in [0.5, 0.6) is 11.5 Å². The number of fused-ring (bicyclic) bond motifs is 3. The minimum Gasteiger partial charge on any atom is -0.509 e. The van der Waals surface area contributed by atoms with E-state index in [1.165, 1.54) is 10.9 Å². The van der Waals surface area contributed by atoms with Crippen LogP contribution in [0, 0.1) is 32.6 Å². The number of hydrogen-bond acceptors (Lipinski definition) is 2. The first kappa shape index (κ1) is 29.8. The van der Waals surface area contributed by atoms with Crippen molar-refractivity contribution in [2.24, 2.45) is 0 Å². The molecule has 5 heteroatoms. The zero-order valence-corrected chi connectivity index (χ0v) is 26.1. The average molecular weight is 717 g/mol. The zero-order chi connectivity index (χ0) is 28.3. The van der Waals surface area contributed by atoms with E-state index in [9.17, 15) is 0 Å². The van der Waals surface area contributed by atoms with Crippen LogP contribution in [0.4, 0.5) is 5.69 Å². The number of benzene rings is 4. The third-order valence-corrected chi connectivity index (χ3v) is 6.85. The van der Waals surface area contributed by atoms with Gasteiger partial charge in [-0.05, 0) is 59.5 Å². The van der Waals surface area contributed by atoms with Crippen molar-refractivity contribution in [1.82, 2.24) is 9.55 Å². The van der Waals surface area contributed by atoms with Crippen LogP contribution in [0.2, 0.25) is 0 Å². The Labute approximate surface area is 256 Å². The Morgan fingerprint density at radius 1 is 0.829 bits per heavy atom. The molecule has 0 amide bonds. The number of para-hydroxylation sites is 3. The monoisotopic (exact) mass is 716 g/mol. The molecule has 0 radical (unpaired) electrons. The average Bonchev–Trinajstić information content (AvgIpc) is 3.27. The van der Waals surface area contributed by atoms with Gasteiger partial charge in [0.15, 0.2) is 5.69 Å². The molecule has 6 rings (SSSR count). The van der Waals surface area contributed by atoms with Gasteiger partial charge in [-0.25, -0.2) is 9.83 Å². The Bertz CT molecular complexity index is 1820. The molecule has 6 aromatic rings.